The number of ketones is 1. The summed E-state index contributed by atoms with van der Waals surface area (Å²) >= 11 is 1.03. The molecule has 0 unspecified atom stereocenters. The Morgan fingerprint density at radius 3 is 2.50 bits per heavy atom. The molecule has 0 aliphatic carbocycles. The molecule has 1 saturated heterocycles. The number of anilines is 1. The van der Waals surface area contributed by atoms with E-state index in [2.05, 4.69) is 4.98 Å². The highest BCUT2D eigenvalue weighted by atomic mass is 32.1. The van der Waals surface area contributed by atoms with Gasteiger partial charge < -0.3 is 10.6 Å². The second kappa shape index (κ2) is 11.2. The average molecular weight is 568 g/mol. The van der Waals surface area contributed by atoms with Gasteiger partial charge in [-0.15, -0.1) is 11.3 Å². The van der Waals surface area contributed by atoms with Gasteiger partial charge in [-0.2, -0.15) is 13.2 Å². The molecular formula is C30H25F4N3O2S. The highest BCUT2D eigenvalue weighted by molar-refractivity contribution is 7.19. The van der Waals surface area contributed by atoms with E-state index in [1.54, 1.807) is 60.8 Å². The molecule has 1 aliphatic rings. The fourth-order valence-electron chi connectivity index (χ4n) is 4.63. The summed E-state index contributed by atoms with van der Waals surface area (Å²) in [5.74, 6) is -0.0801. The number of hydrogen-bond donors (Lipinski definition) is 1. The van der Waals surface area contributed by atoms with Gasteiger partial charge in [0.05, 0.1) is 12.1 Å². The molecule has 206 valence electrons. The number of carbonyl (C=O) groups excluding carboxylic acids is 2. The molecule has 4 aromatic rings. The smallest absolute Gasteiger partial charge is 0.384 e. The SMILES string of the molecule is Nc1ccc(/C=C/C(=O)CCc2cc3cc(-c4ccc(C(=O)N5CC[C@H](F)C5)cc4)cc(C(F)(F)F)c3s2)cn1. The Labute approximate surface area is 231 Å². The Morgan fingerprint density at radius 2 is 1.85 bits per heavy atom. The third kappa shape index (κ3) is 6.22. The Balaban J connectivity index is 1.35. The van der Waals surface area contributed by atoms with Crippen LogP contribution in [0.3, 0.4) is 0 Å². The van der Waals surface area contributed by atoms with Gasteiger partial charge in [-0.05, 0) is 89.5 Å². The first-order valence-corrected chi connectivity index (χ1v) is 13.5. The van der Waals surface area contributed by atoms with Crippen molar-refractivity contribution in [2.24, 2.45) is 0 Å². The third-order valence-electron chi connectivity index (χ3n) is 6.74. The van der Waals surface area contributed by atoms with Gasteiger partial charge in [0.2, 0.25) is 0 Å². The number of amides is 1. The van der Waals surface area contributed by atoms with E-state index in [-0.39, 0.29) is 29.4 Å². The minimum absolute atomic E-state index is 0.0502. The number of allylic oxidation sites excluding steroid dienone is 1. The van der Waals surface area contributed by atoms with Crippen LogP contribution < -0.4 is 5.73 Å². The van der Waals surface area contributed by atoms with Crippen LogP contribution in [0.5, 0.6) is 0 Å². The maximum absolute atomic E-state index is 14.0. The van der Waals surface area contributed by atoms with Gasteiger partial charge >= 0.3 is 6.18 Å². The van der Waals surface area contributed by atoms with Crippen molar-refractivity contribution >= 4 is 45.0 Å². The molecule has 2 N–H and O–H groups in total. The molecule has 40 heavy (non-hydrogen) atoms. The van der Waals surface area contributed by atoms with E-state index in [9.17, 15) is 27.2 Å². The van der Waals surface area contributed by atoms with Crippen LogP contribution in [-0.4, -0.2) is 40.8 Å². The number of likely N-dealkylation sites (tertiary alicyclic amines) is 1. The Hall–Kier alpha value is -4.05. The Bertz CT molecular complexity index is 1580. The molecule has 10 heteroatoms. The lowest BCUT2D eigenvalue weighted by atomic mass is 9.99. The molecular weight excluding hydrogens is 542 g/mol. The molecule has 0 bridgehead atoms. The number of aromatic nitrogens is 1. The van der Waals surface area contributed by atoms with Crippen molar-refractivity contribution in [3.8, 4) is 11.1 Å². The standard InChI is InChI=1S/C30H25F4N3O2S/c31-23-11-12-37(17-23)29(39)20-5-3-19(4-6-20)21-13-22-14-25(40-28(22)26(15-21)30(32,33)34)9-8-24(38)7-1-18-2-10-27(35)36-16-18/h1-7,10,13-16,23H,8-9,11-12,17H2,(H2,35,36)/b7-1+/t23-/m0/s1. The number of fused-ring (bicyclic) bond motifs is 1. The highest BCUT2D eigenvalue weighted by Gasteiger charge is 2.34. The van der Waals surface area contributed by atoms with Gasteiger partial charge in [0, 0.05) is 34.3 Å². The molecule has 1 fully saturated rings. The molecule has 5 nitrogen and oxygen atoms in total. The topological polar surface area (TPSA) is 76.3 Å². The van der Waals surface area contributed by atoms with Gasteiger partial charge in [-0.3, -0.25) is 9.59 Å². The summed E-state index contributed by atoms with van der Waals surface area (Å²) in [6.45, 7) is 0.393. The summed E-state index contributed by atoms with van der Waals surface area (Å²) in [6, 6.07) is 14.2. The van der Waals surface area contributed by atoms with Crippen LogP contribution >= 0.6 is 11.3 Å². The van der Waals surface area contributed by atoms with Crippen LogP contribution in [0.15, 0.2) is 66.9 Å². The number of thiophene rings is 1. The summed E-state index contributed by atoms with van der Waals surface area (Å²) in [7, 11) is 0. The fourth-order valence-corrected chi connectivity index (χ4v) is 5.80. The lowest BCUT2D eigenvalue weighted by Crippen LogP contribution is -2.28. The quantitative estimate of drug-likeness (QED) is 0.193. The highest BCUT2D eigenvalue weighted by Crippen LogP contribution is 2.42. The fraction of sp³-hybridized carbons (Fsp3) is 0.233. The predicted octanol–water partition coefficient (Wildman–Crippen LogP) is 6.96. The van der Waals surface area contributed by atoms with Gasteiger partial charge in [0.1, 0.15) is 12.0 Å². The van der Waals surface area contributed by atoms with Crippen LogP contribution in [0.1, 0.15) is 39.2 Å². The third-order valence-corrected chi connectivity index (χ3v) is 7.99. The lowest BCUT2D eigenvalue weighted by Gasteiger charge is -2.15. The first kappa shape index (κ1) is 27.5. The summed E-state index contributed by atoms with van der Waals surface area (Å²) < 4.78 is 55.7. The van der Waals surface area contributed by atoms with E-state index >= 15 is 0 Å². The molecule has 2 aromatic carbocycles. The van der Waals surface area contributed by atoms with Crippen molar-refractivity contribution in [2.45, 2.75) is 31.6 Å². The number of pyridine rings is 1. The minimum Gasteiger partial charge on any atom is -0.384 e. The number of carbonyl (C=O) groups is 2. The largest absolute Gasteiger partial charge is 0.417 e. The zero-order chi connectivity index (χ0) is 28.4. The molecule has 0 spiro atoms. The Morgan fingerprint density at radius 1 is 1.07 bits per heavy atom. The number of hydrogen-bond acceptors (Lipinski definition) is 5. The predicted molar refractivity (Wildman–Crippen MR) is 149 cm³/mol. The molecule has 0 radical (unpaired) electrons. The van der Waals surface area contributed by atoms with Crippen molar-refractivity contribution < 1.29 is 27.2 Å². The molecule has 0 saturated carbocycles. The summed E-state index contributed by atoms with van der Waals surface area (Å²) in [4.78, 5) is 31.0. The van der Waals surface area contributed by atoms with E-state index in [1.165, 1.54) is 11.0 Å². The number of nitrogens with zero attached hydrogens (tertiary/aromatic N) is 2. The van der Waals surface area contributed by atoms with Gasteiger partial charge in [0.15, 0.2) is 5.78 Å². The van der Waals surface area contributed by atoms with Crippen LogP contribution in [0.25, 0.3) is 27.3 Å². The van der Waals surface area contributed by atoms with E-state index in [0.29, 0.717) is 57.7 Å². The zero-order valence-electron chi connectivity index (χ0n) is 21.2. The average Bonchev–Trinajstić information content (AvgIpc) is 3.56. The van der Waals surface area contributed by atoms with E-state index in [4.69, 9.17) is 5.73 Å². The molecule has 3 heterocycles. The van der Waals surface area contributed by atoms with E-state index in [0.717, 1.165) is 17.4 Å². The number of nitrogen functional groups attached to an aromatic ring is 1. The maximum Gasteiger partial charge on any atom is 0.417 e. The minimum atomic E-state index is -4.57. The van der Waals surface area contributed by atoms with Gasteiger partial charge in [-0.1, -0.05) is 12.1 Å². The first-order chi connectivity index (χ1) is 19.1. The van der Waals surface area contributed by atoms with Crippen LogP contribution in [0.4, 0.5) is 23.4 Å². The lowest BCUT2D eigenvalue weighted by molar-refractivity contribution is -0.136. The second-order valence-corrected chi connectivity index (χ2v) is 10.8. The Kier molecular flexibility index (Phi) is 7.71. The summed E-state index contributed by atoms with van der Waals surface area (Å²) in [5.41, 5.74) is 6.78. The van der Waals surface area contributed by atoms with Crippen molar-refractivity contribution in [3.63, 3.8) is 0 Å². The summed E-state index contributed by atoms with van der Waals surface area (Å²) in [5, 5.41) is 0.437. The number of benzene rings is 2. The number of halogens is 4. The second-order valence-electron chi connectivity index (χ2n) is 9.68. The molecule has 2 aromatic heterocycles. The van der Waals surface area contributed by atoms with E-state index in [1.807, 2.05) is 0 Å². The maximum atomic E-state index is 14.0. The number of nitrogens with two attached hydrogens (primary N) is 1. The zero-order valence-corrected chi connectivity index (χ0v) is 22.1. The number of aryl methyl sites for hydroxylation is 1. The molecule has 5 rings (SSSR count). The summed E-state index contributed by atoms with van der Waals surface area (Å²) in [6.07, 6.45) is -0.259. The first-order valence-electron chi connectivity index (χ1n) is 12.7. The van der Waals surface area contributed by atoms with Crippen LogP contribution in [-0.2, 0) is 17.4 Å². The van der Waals surface area contributed by atoms with Crippen molar-refractivity contribution in [2.75, 3.05) is 18.8 Å². The molecule has 1 aliphatic heterocycles. The van der Waals surface area contributed by atoms with E-state index < -0.39 is 17.9 Å². The normalized spacial score (nSPS) is 15.8. The molecule has 1 amide bonds. The van der Waals surface area contributed by atoms with Gasteiger partial charge in [0.25, 0.3) is 5.91 Å². The van der Waals surface area contributed by atoms with Crippen molar-refractivity contribution in [3.05, 3.63) is 88.4 Å². The van der Waals surface area contributed by atoms with Gasteiger partial charge in [-0.25, -0.2) is 9.37 Å². The monoisotopic (exact) mass is 567 g/mol. The van der Waals surface area contributed by atoms with Crippen molar-refractivity contribution in [1.82, 2.24) is 9.88 Å². The van der Waals surface area contributed by atoms with Crippen LogP contribution in [0, 0.1) is 0 Å². The number of alkyl halides is 4. The van der Waals surface area contributed by atoms with Crippen molar-refractivity contribution in [1.29, 1.82) is 0 Å². The van der Waals surface area contributed by atoms with Crippen LogP contribution in [0.2, 0.25) is 0 Å². The molecule has 1 atom stereocenters. The number of rotatable bonds is 7.